The molecule has 0 spiro atoms. The summed E-state index contributed by atoms with van der Waals surface area (Å²) in [6, 6.07) is 12.0. The van der Waals surface area contributed by atoms with Crippen molar-refractivity contribution in [2.75, 3.05) is 6.54 Å². The quantitative estimate of drug-likeness (QED) is 0.726. The van der Waals surface area contributed by atoms with Gasteiger partial charge in [0.15, 0.2) is 5.58 Å². The van der Waals surface area contributed by atoms with E-state index in [9.17, 15) is 0 Å². The third-order valence-corrected chi connectivity index (χ3v) is 4.36. The number of hydrogen-bond donors (Lipinski definition) is 0. The summed E-state index contributed by atoms with van der Waals surface area (Å²) in [7, 11) is 0. The van der Waals surface area contributed by atoms with Gasteiger partial charge in [0.05, 0.1) is 18.3 Å². The predicted octanol–water partition coefficient (Wildman–Crippen LogP) is 4.21. The van der Waals surface area contributed by atoms with E-state index in [1.807, 2.05) is 36.5 Å². The van der Waals surface area contributed by atoms with Gasteiger partial charge < -0.3 is 4.42 Å². The molecule has 1 aliphatic heterocycles. The minimum absolute atomic E-state index is 0.347. The fraction of sp³-hybridized carbons (Fsp3) is 0.294. The number of aromatic nitrogens is 2. The number of fused-ring (bicyclic) bond motifs is 1. The van der Waals surface area contributed by atoms with Gasteiger partial charge in [0.2, 0.25) is 5.89 Å². The molecule has 0 amide bonds. The molecular weight excluding hydrogens is 298 g/mol. The molecule has 0 saturated carbocycles. The molecule has 0 bridgehead atoms. The van der Waals surface area contributed by atoms with Gasteiger partial charge >= 0.3 is 0 Å². The van der Waals surface area contributed by atoms with Crippen LogP contribution in [-0.2, 0) is 6.54 Å². The molecule has 3 aromatic rings. The number of halogens is 1. The molecule has 0 radical (unpaired) electrons. The van der Waals surface area contributed by atoms with Crippen LogP contribution < -0.4 is 0 Å². The second-order valence-electron chi connectivity index (χ2n) is 5.60. The van der Waals surface area contributed by atoms with Crippen molar-refractivity contribution in [2.45, 2.75) is 25.4 Å². The van der Waals surface area contributed by atoms with Gasteiger partial charge in [-0.1, -0.05) is 17.7 Å². The van der Waals surface area contributed by atoms with Crippen molar-refractivity contribution in [3.8, 4) is 0 Å². The van der Waals surface area contributed by atoms with Gasteiger partial charge in [0, 0.05) is 11.2 Å². The summed E-state index contributed by atoms with van der Waals surface area (Å²) in [5, 5.41) is 0.680. The molecule has 3 heterocycles. The summed E-state index contributed by atoms with van der Waals surface area (Å²) in [5.41, 5.74) is 2.73. The summed E-state index contributed by atoms with van der Waals surface area (Å²) in [6.07, 6.45) is 4.16. The van der Waals surface area contributed by atoms with E-state index in [1.165, 1.54) is 6.42 Å². The van der Waals surface area contributed by atoms with Crippen molar-refractivity contribution in [2.24, 2.45) is 0 Å². The minimum atomic E-state index is 0.347. The third-order valence-electron chi connectivity index (χ3n) is 4.13. The van der Waals surface area contributed by atoms with E-state index in [0.29, 0.717) is 17.6 Å². The second-order valence-corrected chi connectivity index (χ2v) is 6.04. The van der Waals surface area contributed by atoms with E-state index < -0.39 is 0 Å². The molecule has 1 fully saturated rings. The van der Waals surface area contributed by atoms with Gasteiger partial charge in [-0.15, -0.1) is 0 Å². The van der Waals surface area contributed by atoms with Crippen LogP contribution in [0.1, 0.15) is 30.5 Å². The Morgan fingerprint density at radius 1 is 1.27 bits per heavy atom. The van der Waals surface area contributed by atoms with Crippen molar-refractivity contribution in [3.63, 3.8) is 0 Å². The van der Waals surface area contributed by atoms with Crippen molar-refractivity contribution < 1.29 is 4.42 Å². The molecule has 1 atom stereocenters. The Bertz CT molecular complexity index is 787. The number of pyridine rings is 1. The van der Waals surface area contributed by atoms with Crippen molar-refractivity contribution in [3.05, 3.63) is 59.2 Å². The molecule has 22 heavy (non-hydrogen) atoms. The minimum Gasteiger partial charge on any atom is -0.439 e. The van der Waals surface area contributed by atoms with E-state index in [-0.39, 0.29) is 0 Å². The Hall–Kier alpha value is -1.91. The Morgan fingerprint density at radius 2 is 2.23 bits per heavy atom. The van der Waals surface area contributed by atoms with Crippen LogP contribution >= 0.6 is 11.6 Å². The fourth-order valence-electron chi connectivity index (χ4n) is 3.11. The zero-order chi connectivity index (χ0) is 14.9. The maximum absolute atomic E-state index is 6.00. The van der Waals surface area contributed by atoms with E-state index in [1.54, 1.807) is 0 Å². The van der Waals surface area contributed by atoms with Crippen molar-refractivity contribution in [1.29, 1.82) is 0 Å². The van der Waals surface area contributed by atoms with Crippen LogP contribution in [0, 0.1) is 0 Å². The maximum Gasteiger partial charge on any atom is 0.209 e. The molecule has 1 aromatic carbocycles. The first-order chi connectivity index (χ1) is 10.8. The molecule has 0 N–H and O–H groups in total. The van der Waals surface area contributed by atoms with Crippen LogP contribution in [-0.4, -0.2) is 21.4 Å². The topological polar surface area (TPSA) is 42.2 Å². The lowest BCUT2D eigenvalue weighted by Gasteiger charge is -2.22. The molecule has 0 aliphatic carbocycles. The average Bonchev–Trinajstić information content (AvgIpc) is 3.14. The van der Waals surface area contributed by atoms with Crippen LogP contribution in [0.25, 0.3) is 11.1 Å². The van der Waals surface area contributed by atoms with E-state index >= 15 is 0 Å². The maximum atomic E-state index is 6.00. The number of oxazole rings is 1. The summed E-state index contributed by atoms with van der Waals surface area (Å²) >= 11 is 6.00. The lowest BCUT2D eigenvalue weighted by molar-refractivity contribution is 0.222. The monoisotopic (exact) mass is 313 g/mol. The SMILES string of the molecule is Clc1ccc2oc(CN3CCC[C@H]3c3ccccn3)nc2c1. The molecule has 0 unspecified atom stereocenters. The lowest BCUT2D eigenvalue weighted by atomic mass is 10.1. The normalized spacial score (nSPS) is 19.0. The zero-order valence-corrected chi connectivity index (χ0v) is 12.8. The third kappa shape index (κ3) is 2.60. The zero-order valence-electron chi connectivity index (χ0n) is 12.1. The predicted molar refractivity (Wildman–Crippen MR) is 85.6 cm³/mol. The number of benzene rings is 1. The first-order valence-corrected chi connectivity index (χ1v) is 7.87. The van der Waals surface area contributed by atoms with Crippen LogP contribution in [0.4, 0.5) is 0 Å². The Morgan fingerprint density at radius 3 is 3.09 bits per heavy atom. The summed E-state index contributed by atoms with van der Waals surface area (Å²) < 4.78 is 5.84. The molecule has 4 nitrogen and oxygen atoms in total. The Kier molecular flexibility index (Phi) is 3.56. The van der Waals surface area contributed by atoms with Gasteiger partial charge in [0.1, 0.15) is 5.52 Å². The van der Waals surface area contributed by atoms with Crippen LogP contribution in [0.3, 0.4) is 0 Å². The van der Waals surface area contributed by atoms with Gasteiger partial charge in [0.25, 0.3) is 0 Å². The van der Waals surface area contributed by atoms with E-state index in [4.69, 9.17) is 16.0 Å². The molecule has 5 heteroatoms. The van der Waals surface area contributed by atoms with Gasteiger partial charge in [-0.2, -0.15) is 0 Å². The van der Waals surface area contributed by atoms with Crippen molar-refractivity contribution >= 4 is 22.7 Å². The Labute approximate surface area is 133 Å². The standard InChI is InChI=1S/C17H16ClN3O/c18-12-6-7-16-14(10-12)20-17(22-16)11-21-9-3-5-15(21)13-4-1-2-8-19-13/h1-2,4,6-8,10,15H,3,5,9,11H2/t15-/m0/s1. The summed E-state index contributed by atoms with van der Waals surface area (Å²) in [6.45, 7) is 1.74. The van der Waals surface area contributed by atoms with Gasteiger partial charge in [-0.25, -0.2) is 4.98 Å². The second kappa shape index (κ2) is 5.71. The molecule has 112 valence electrons. The highest BCUT2D eigenvalue weighted by atomic mass is 35.5. The highest BCUT2D eigenvalue weighted by Crippen LogP contribution is 2.32. The molecule has 1 aliphatic rings. The largest absolute Gasteiger partial charge is 0.439 e. The fourth-order valence-corrected chi connectivity index (χ4v) is 3.28. The number of rotatable bonds is 3. The van der Waals surface area contributed by atoms with Crippen LogP contribution in [0.2, 0.25) is 5.02 Å². The molecule has 2 aromatic heterocycles. The van der Waals surface area contributed by atoms with E-state index in [2.05, 4.69) is 20.9 Å². The molecular formula is C17H16ClN3O. The average molecular weight is 314 g/mol. The molecule has 1 saturated heterocycles. The van der Waals surface area contributed by atoms with Gasteiger partial charge in [-0.05, 0) is 49.7 Å². The van der Waals surface area contributed by atoms with Crippen LogP contribution in [0.15, 0.2) is 47.0 Å². The van der Waals surface area contributed by atoms with Crippen LogP contribution in [0.5, 0.6) is 0 Å². The van der Waals surface area contributed by atoms with Crippen molar-refractivity contribution in [1.82, 2.24) is 14.9 Å². The number of nitrogens with zero attached hydrogens (tertiary/aromatic N) is 3. The smallest absolute Gasteiger partial charge is 0.209 e. The highest BCUT2D eigenvalue weighted by molar-refractivity contribution is 6.31. The van der Waals surface area contributed by atoms with Gasteiger partial charge in [-0.3, -0.25) is 9.88 Å². The Balaban J connectivity index is 1.58. The summed E-state index contributed by atoms with van der Waals surface area (Å²) in [5.74, 6) is 0.736. The summed E-state index contributed by atoms with van der Waals surface area (Å²) in [4.78, 5) is 11.4. The number of likely N-dealkylation sites (tertiary alicyclic amines) is 1. The first kappa shape index (κ1) is 13.7. The van der Waals surface area contributed by atoms with E-state index in [0.717, 1.165) is 35.6 Å². The first-order valence-electron chi connectivity index (χ1n) is 7.49. The number of hydrogen-bond acceptors (Lipinski definition) is 4. The molecule has 4 rings (SSSR count). The lowest BCUT2D eigenvalue weighted by Crippen LogP contribution is -2.23. The highest BCUT2D eigenvalue weighted by Gasteiger charge is 2.28.